The van der Waals surface area contributed by atoms with Gasteiger partial charge in [0.2, 0.25) is 0 Å². The molecule has 1 aromatic carbocycles. The number of nitrogens with one attached hydrogen (secondary N) is 2. The number of alkyl halides is 6. The van der Waals surface area contributed by atoms with Crippen LogP contribution >= 0.6 is 0 Å². The van der Waals surface area contributed by atoms with Gasteiger partial charge in [-0.05, 0) is 61.4 Å². The van der Waals surface area contributed by atoms with Crippen LogP contribution in [0.5, 0.6) is 0 Å². The number of aryl methyl sites for hydroxylation is 1. The first-order valence-electron chi connectivity index (χ1n) is 10.3. The molecule has 0 saturated heterocycles. The summed E-state index contributed by atoms with van der Waals surface area (Å²) in [5, 5.41) is 26.0. The van der Waals surface area contributed by atoms with Gasteiger partial charge >= 0.3 is 12.4 Å². The summed E-state index contributed by atoms with van der Waals surface area (Å²) >= 11 is 0. The molecule has 1 aromatic heterocycles. The van der Waals surface area contributed by atoms with Crippen LogP contribution < -0.4 is 10.6 Å². The third-order valence-corrected chi connectivity index (χ3v) is 5.50. The van der Waals surface area contributed by atoms with Crippen molar-refractivity contribution >= 4 is 0 Å². The first-order chi connectivity index (χ1) is 16.1. The zero-order valence-electron chi connectivity index (χ0n) is 18.5. The van der Waals surface area contributed by atoms with E-state index in [0.29, 0.717) is 23.4 Å². The number of rotatable bonds is 6. The van der Waals surface area contributed by atoms with Crippen LogP contribution in [0.1, 0.15) is 29.8 Å². The minimum atomic E-state index is -6.11. The minimum Gasteiger partial charge on any atom is -0.381 e. The number of hydrogen-bond donors (Lipinski definition) is 4. The summed E-state index contributed by atoms with van der Waals surface area (Å²) in [5.74, 6) is -0.442. The van der Waals surface area contributed by atoms with Crippen molar-refractivity contribution in [3.63, 3.8) is 0 Å². The Morgan fingerprint density at radius 1 is 1.03 bits per heavy atom. The van der Waals surface area contributed by atoms with Crippen LogP contribution in [0.25, 0.3) is 11.3 Å². The maximum absolute atomic E-state index is 13.6. The highest BCUT2D eigenvalue weighted by molar-refractivity contribution is 5.62. The smallest absolute Gasteiger partial charge is 0.381 e. The Hall–Kier alpha value is -2.96. The number of pyridine rings is 1. The van der Waals surface area contributed by atoms with Gasteiger partial charge in [0.05, 0.1) is 12.2 Å². The van der Waals surface area contributed by atoms with Crippen LogP contribution in [0.2, 0.25) is 0 Å². The van der Waals surface area contributed by atoms with E-state index in [-0.39, 0.29) is 23.4 Å². The van der Waals surface area contributed by atoms with Gasteiger partial charge in [-0.2, -0.15) is 26.3 Å². The molecule has 2 atom stereocenters. The molecule has 5 nitrogen and oxygen atoms in total. The largest absolute Gasteiger partial charge is 0.430 e. The second-order valence-electron chi connectivity index (χ2n) is 8.15. The Bertz CT molecular complexity index is 1110. The van der Waals surface area contributed by atoms with E-state index in [1.807, 2.05) is 0 Å². The lowest BCUT2D eigenvalue weighted by Crippen LogP contribution is -2.54. The van der Waals surface area contributed by atoms with E-state index in [1.54, 1.807) is 19.9 Å². The van der Waals surface area contributed by atoms with Crippen LogP contribution in [0.3, 0.4) is 0 Å². The van der Waals surface area contributed by atoms with E-state index < -0.39 is 41.6 Å². The third-order valence-electron chi connectivity index (χ3n) is 5.50. The molecule has 0 fully saturated rings. The molecule has 1 aliphatic heterocycles. The monoisotopic (exact) mass is 505 g/mol. The lowest BCUT2D eigenvalue weighted by molar-refractivity contribution is -0.376. The number of dihydropyridines is 1. The van der Waals surface area contributed by atoms with E-state index in [2.05, 4.69) is 15.6 Å². The Balaban J connectivity index is 2.10. The summed E-state index contributed by atoms with van der Waals surface area (Å²) in [4.78, 5) is 4.03. The fourth-order valence-electron chi connectivity index (χ4n) is 3.50. The Morgan fingerprint density at radius 2 is 1.69 bits per heavy atom. The predicted molar refractivity (Wildman–Crippen MR) is 113 cm³/mol. The quantitative estimate of drug-likeness (QED) is 0.339. The number of halogens is 7. The van der Waals surface area contributed by atoms with Crippen LogP contribution in [0.4, 0.5) is 30.7 Å². The second-order valence-corrected chi connectivity index (χ2v) is 8.15. The fourth-order valence-corrected chi connectivity index (χ4v) is 3.50. The SMILES string of the molecule is Cc1ccc(-c2cc(C(O)N[C@H](C)C3=CC=C(F)CN3)cc(C(O)(C(F)(F)F)C(F)(F)F)c2)nc1. The summed E-state index contributed by atoms with van der Waals surface area (Å²) in [5.41, 5.74) is -6.12. The molecule has 3 rings (SSSR count). The maximum Gasteiger partial charge on any atom is 0.430 e. The van der Waals surface area contributed by atoms with Crippen molar-refractivity contribution < 1.29 is 40.9 Å². The van der Waals surface area contributed by atoms with Gasteiger partial charge in [0.25, 0.3) is 5.60 Å². The third kappa shape index (κ3) is 5.49. The minimum absolute atomic E-state index is 0.0305. The Morgan fingerprint density at radius 3 is 2.20 bits per heavy atom. The van der Waals surface area contributed by atoms with Crippen molar-refractivity contribution in [1.82, 2.24) is 15.6 Å². The van der Waals surface area contributed by atoms with Gasteiger partial charge in [0, 0.05) is 29.1 Å². The topological polar surface area (TPSA) is 77.4 Å². The summed E-state index contributed by atoms with van der Waals surface area (Å²) in [6.45, 7) is 3.12. The van der Waals surface area contributed by atoms with Crippen molar-refractivity contribution in [2.75, 3.05) is 6.54 Å². The van der Waals surface area contributed by atoms with Crippen LogP contribution in [-0.2, 0) is 5.60 Å². The van der Waals surface area contributed by atoms with E-state index in [9.17, 15) is 40.9 Å². The van der Waals surface area contributed by atoms with Crippen molar-refractivity contribution in [2.45, 2.75) is 44.1 Å². The van der Waals surface area contributed by atoms with E-state index >= 15 is 0 Å². The van der Waals surface area contributed by atoms with Crippen LogP contribution in [-0.4, -0.2) is 40.1 Å². The molecular formula is C23H22F7N3O2. The molecular weight excluding hydrogens is 483 g/mol. The number of aromatic nitrogens is 1. The second kappa shape index (κ2) is 9.59. The summed E-state index contributed by atoms with van der Waals surface area (Å²) in [6.07, 6.45) is -10.0. The Labute approximate surface area is 196 Å². The molecule has 2 heterocycles. The Kier molecular flexibility index (Phi) is 7.30. The van der Waals surface area contributed by atoms with Crippen molar-refractivity contribution in [3.8, 4) is 11.3 Å². The highest BCUT2D eigenvalue weighted by atomic mass is 19.4. The van der Waals surface area contributed by atoms with Gasteiger partial charge in [-0.15, -0.1) is 0 Å². The van der Waals surface area contributed by atoms with Crippen molar-refractivity contribution in [3.05, 3.63) is 76.9 Å². The molecule has 0 aliphatic carbocycles. The first-order valence-corrected chi connectivity index (χ1v) is 10.3. The molecule has 35 heavy (non-hydrogen) atoms. The highest BCUT2D eigenvalue weighted by Gasteiger charge is 2.71. The van der Waals surface area contributed by atoms with Gasteiger partial charge in [-0.1, -0.05) is 6.07 Å². The number of nitrogens with zero attached hydrogens (tertiary/aromatic N) is 1. The van der Waals surface area contributed by atoms with E-state index in [1.165, 1.54) is 30.5 Å². The molecule has 1 aliphatic rings. The van der Waals surface area contributed by atoms with Gasteiger partial charge < -0.3 is 15.5 Å². The summed E-state index contributed by atoms with van der Waals surface area (Å²) in [6, 6.07) is 4.39. The van der Waals surface area contributed by atoms with Gasteiger partial charge in [0.1, 0.15) is 12.1 Å². The summed E-state index contributed by atoms with van der Waals surface area (Å²) in [7, 11) is 0. The van der Waals surface area contributed by atoms with Gasteiger partial charge in [-0.25, -0.2) is 4.39 Å². The first kappa shape index (κ1) is 26.6. The molecule has 4 N–H and O–H groups in total. The van der Waals surface area contributed by atoms with E-state index in [0.717, 1.165) is 0 Å². The molecule has 0 amide bonds. The normalized spacial score (nSPS) is 16.8. The average Bonchev–Trinajstić information content (AvgIpc) is 2.77. The lowest BCUT2D eigenvalue weighted by Gasteiger charge is -2.33. The predicted octanol–water partition coefficient (Wildman–Crippen LogP) is 4.68. The molecule has 0 radical (unpaired) electrons. The molecule has 12 heteroatoms. The molecule has 0 saturated carbocycles. The number of aliphatic hydroxyl groups excluding tert-OH is 1. The molecule has 2 aromatic rings. The van der Waals surface area contributed by atoms with Crippen molar-refractivity contribution in [1.29, 1.82) is 0 Å². The van der Waals surface area contributed by atoms with Crippen molar-refractivity contribution in [2.24, 2.45) is 0 Å². The van der Waals surface area contributed by atoms with Gasteiger partial charge in [-0.3, -0.25) is 10.3 Å². The standard InChI is InChI=1S/C23H22F7N3O2/c1-12-3-5-19(31-10-12)14-7-15(20(34)33-13(2)18-6-4-17(24)11-32-18)9-16(8-14)21(35,22(25,26)27)23(28,29)30/h3-10,13,20,32-35H,11H2,1-2H3/t13-,20?/m1/s1. The lowest BCUT2D eigenvalue weighted by atomic mass is 9.88. The molecule has 0 bridgehead atoms. The van der Waals surface area contributed by atoms with Crippen LogP contribution in [0, 0.1) is 6.92 Å². The zero-order valence-corrected chi connectivity index (χ0v) is 18.5. The number of hydrogen-bond acceptors (Lipinski definition) is 5. The number of aliphatic hydroxyl groups is 2. The highest BCUT2D eigenvalue weighted by Crippen LogP contribution is 2.50. The fraction of sp³-hybridized carbons (Fsp3) is 0.348. The van der Waals surface area contributed by atoms with E-state index in [4.69, 9.17) is 0 Å². The summed E-state index contributed by atoms with van der Waals surface area (Å²) < 4.78 is 94.6. The molecule has 190 valence electrons. The average molecular weight is 505 g/mol. The van der Waals surface area contributed by atoms with Gasteiger partial charge in [0.15, 0.2) is 0 Å². The number of allylic oxidation sites excluding steroid dienone is 2. The molecule has 1 unspecified atom stereocenters. The number of benzene rings is 1. The van der Waals surface area contributed by atoms with Crippen LogP contribution in [0.15, 0.2) is 60.2 Å². The molecule has 0 spiro atoms. The maximum atomic E-state index is 13.6. The zero-order chi connectivity index (χ0) is 26.2.